The summed E-state index contributed by atoms with van der Waals surface area (Å²) in [5.41, 5.74) is 5.83. The summed E-state index contributed by atoms with van der Waals surface area (Å²) in [6.45, 7) is 4.01. The predicted molar refractivity (Wildman–Crippen MR) is 42.5 cm³/mol. The quantitative estimate of drug-likeness (QED) is 0.594. The molecule has 0 atom stereocenters. The van der Waals surface area contributed by atoms with Crippen LogP contribution in [0, 0.1) is 0 Å². The Hall–Kier alpha value is -0.790. The van der Waals surface area contributed by atoms with Gasteiger partial charge >= 0.3 is 0 Å². The second-order valence-corrected chi connectivity index (χ2v) is 2.24. The van der Waals surface area contributed by atoms with Gasteiger partial charge in [-0.15, -0.1) is 0 Å². The van der Waals surface area contributed by atoms with Gasteiger partial charge < -0.3 is 5.73 Å². The molecule has 0 unspecified atom stereocenters. The Labute approximate surface area is 62.1 Å². The minimum atomic E-state index is -0.282. The van der Waals surface area contributed by atoms with Crippen LogP contribution in [0.3, 0.4) is 0 Å². The van der Waals surface area contributed by atoms with Crippen molar-refractivity contribution in [2.24, 2.45) is 5.73 Å². The Balaban J connectivity index is 3.91. The van der Waals surface area contributed by atoms with Crippen LogP contribution >= 0.6 is 0 Å². The maximum absolute atomic E-state index is 10.6. The Morgan fingerprint density at radius 2 is 2.10 bits per heavy atom. The molecule has 0 bridgehead atoms. The lowest BCUT2D eigenvalue weighted by atomic mass is 10.1. The fraction of sp³-hybridized carbons (Fsp3) is 0.625. The Morgan fingerprint density at radius 1 is 1.50 bits per heavy atom. The van der Waals surface area contributed by atoms with Gasteiger partial charge in [0.2, 0.25) is 5.91 Å². The molecule has 0 aliphatic rings. The molecule has 2 N–H and O–H groups in total. The molecular formula is C8H15NO. The third-order valence-electron chi connectivity index (χ3n) is 1.38. The van der Waals surface area contributed by atoms with Crippen molar-refractivity contribution < 1.29 is 4.79 Å². The van der Waals surface area contributed by atoms with E-state index < -0.39 is 0 Å². The molecule has 58 valence electrons. The number of rotatable bonds is 4. The summed E-state index contributed by atoms with van der Waals surface area (Å²) in [4.78, 5) is 10.6. The highest BCUT2D eigenvalue weighted by Crippen LogP contribution is 2.01. The molecule has 0 fully saturated rings. The van der Waals surface area contributed by atoms with Crippen LogP contribution in [0.2, 0.25) is 0 Å². The van der Waals surface area contributed by atoms with Gasteiger partial charge in [-0.25, -0.2) is 0 Å². The predicted octanol–water partition coefficient (Wildman–Crippen LogP) is 1.61. The fourth-order valence-electron chi connectivity index (χ4n) is 0.738. The number of nitrogens with two attached hydrogens (primary N) is 1. The normalized spacial score (nSPS) is 11.6. The van der Waals surface area contributed by atoms with E-state index in [-0.39, 0.29) is 5.91 Å². The van der Waals surface area contributed by atoms with Gasteiger partial charge in [0.1, 0.15) is 0 Å². The third kappa shape index (κ3) is 3.28. The van der Waals surface area contributed by atoms with E-state index in [1.54, 1.807) is 0 Å². The minimum absolute atomic E-state index is 0.282. The molecule has 2 heteroatoms. The van der Waals surface area contributed by atoms with Gasteiger partial charge in [0.25, 0.3) is 0 Å². The van der Waals surface area contributed by atoms with Crippen LogP contribution < -0.4 is 5.73 Å². The van der Waals surface area contributed by atoms with Crippen LogP contribution in [0.1, 0.15) is 33.1 Å². The molecule has 0 aromatic carbocycles. The van der Waals surface area contributed by atoms with Crippen molar-refractivity contribution in [3.05, 3.63) is 11.6 Å². The SMILES string of the molecule is CCC/C=C(/CC)C(N)=O. The summed E-state index contributed by atoms with van der Waals surface area (Å²) in [6, 6.07) is 0. The molecule has 0 rings (SSSR count). The molecule has 0 saturated carbocycles. The molecule has 0 aliphatic heterocycles. The number of allylic oxidation sites excluding steroid dienone is 1. The lowest BCUT2D eigenvalue weighted by Crippen LogP contribution is -2.13. The van der Waals surface area contributed by atoms with Gasteiger partial charge in [-0.2, -0.15) is 0 Å². The summed E-state index contributed by atoms with van der Waals surface area (Å²) >= 11 is 0. The van der Waals surface area contributed by atoms with Crippen molar-refractivity contribution in [2.75, 3.05) is 0 Å². The summed E-state index contributed by atoms with van der Waals surface area (Å²) in [6.07, 6.45) is 4.68. The van der Waals surface area contributed by atoms with E-state index in [0.717, 1.165) is 24.8 Å². The summed E-state index contributed by atoms with van der Waals surface area (Å²) < 4.78 is 0. The van der Waals surface area contributed by atoms with Gasteiger partial charge in [-0.05, 0) is 12.8 Å². The molecular weight excluding hydrogens is 126 g/mol. The van der Waals surface area contributed by atoms with Gasteiger partial charge in [0, 0.05) is 5.57 Å². The lowest BCUT2D eigenvalue weighted by molar-refractivity contribution is -0.114. The molecule has 0 aromatic rings. The van der Waals surface area contributed by atoms with E-state index in [1.807, 2.05) is 13.0 Å². The highest BCUT2D eigenvalue weighted by molar-refractivity contribution is 5.91. The fourth-order valence-corrected chi connectivity index (χ4v) is 0.738. The van der Waals surface area contributed by atoms with E-state index in [1.165, 1.54) is 0 Å². The van der Waals surface area contributed by atoms with Gasteiger partial charge in [0.15, 0.2) is 0 Å². The number of primary amides is 1. The minimum Gasteiger partial charge on any atom is -0.366 e. The van der Waals surface area contributed by atoms with Crippen LogP contribution in [0.5, 0.6) is 0 Å². The van der Waals surface area contributed by atoms with E-state index in [0.29, 0.717) is 0 Å². The number of amides is 1. The molecule has 0 aliphatic carbocycles. The number of unbranched alkanes of at least 4 members (excludes halogenated alkanes) is 1. The molecule has 0 spiro atoms. The van der Waals surface area contributed by atoms with Gasteiger partial charge in [-0.1, -0.05) is 26.3 Å². The van der Waals surface area contributed by atoms with E-state index in [4.69, 9.17) is 5.73 Å². The molecule has 10 heavy (non-hydrogen) atoms. The zero-order valence-electron chi connectivity index (χ0n) is 6.68. The zero-order chi connectivity index (χ0) is 7.98. The first-order valence-corrected chi connectivity index (χ1v) is 3.71. The first-order chi connectivity index (χ1) is 4.72. The molecule has 0 saturated heterocycles. The summed E-state index contributed by atoms with van der Waals surface area (Å²) in [5, 5.41) is 0. The van der Waals surface area contributed by atoms with Crippen molar-refractivity contribution in [1.82, 2.24) is 0 Å². The van der Waals surface area contributed by atoms with Gasteiger partial charge in [0.05, 0.1) is 0 Å². The first kappa shape index (κ1) is 9.21. The van der Waals surface area contributed by atoms with Crippen molar-refractivity contribution in [1.29, 1.82) is 0 Å². The lowest BCUT2D eigenvalue weighted by Gasteiger charge is -1.96. The average molecular weight is 141 g/mol. The van der Waals surface area contributed by atoms with Crippen LogP contribution in [0.15, 0.2) is 11.6 Å². The van der Waals surface area contributed by atoms with Crippen molar-refractivity contribution in [3.63, 3.8) is 0 Å². The monoisotopic (exact) mass is 141 g/mol. The second-order valence-electron chi connectivity index (χ2n) is 2.24. The maximum atomic E-state index is 10.6. The highest BCUT2D eigenvalue weighted by Gasteiger charge is 1.98. The largest absolute Gasteiger partial charge is 0.366 e. The smallest absolute Gasteiger partial charge is 0.244 e. The number of carbonyl (C=O) groups is 1. The summed E-state index contributed by atoms with van der Waals surface area (Å²) in [7, 11) is 0. The van der Waals surface area contributed by atoms with Crippen LogP contribution in [0.4, 0.5) is 0 Å². The molecule has 0 radical (unpaired) electrons. The second kappa shape index (κ2) is 5.03. The molecule has 2 nitrogen and oxygen atoms in total. The zero-order valence-corrected chi connectivity index (χ0v) is 6.68. The van der Waals surface area contributed by atoms with E-state index >= 15 is 0 Å². The van der Waals surface area contributed by atoms with E-state index in [2.05, 4.69) is 6.92 Å². The summed E-state index contributed by atoms with van der Waals surface area (Å²) in [5.74, 6) is -0.282. The standard InChI is InChI=1S/C8H15NO/c1-3-5-6-7(4-2)8(9)10/h6H,3-5H2,1-2H3,(H2,9,10)/b7-6-. The first-order valence-electron chi connectivity index (χ1n) is 3.71. The van der Waals surface area contributed by atoms with Crippen molar-refractivity contribution in [3.8, 4) is 0 Å². The van der Waals surface area contributed by atoms with Crippen LogP contribution in [0.25, 0.3) is 0 Å². The van der Waals surface area contributed by atoms with Crippen molar-refractivity contribution >= 4 is 5.91 Å². The van der Waals surface area contributed by atoms with Gasteiger partial charge in [-0.3, -0.25) is 4.79 Å². The molecule has 0 heterocycles. The van der Waals surface area contributed by atoms with Crippen LogP contribution in [-0.2, 0) is 4.79 Å². The number of hydrogen-bond donors (Lipinski definition) is 1. The van der Waals surface area contributed by atoms with E-state index in [9.17, 15) is 4.79 Å². The average Bonchev–Trinajstić information content (AvgIpc) is 1.89. The Morgan fingerprint density at radius 3 is 2.40 bits per heavy atom. The number of carbonyl (C=O) groups excluding carboxylic acids is 1. The topological polar surface area (TPSA) is 43.1 Å². The molecule has 1 amide bonds. The Bertz CT molecular complexity index is 138. The maximum Gasteiger partial charge on any atom is 0.244 e. The Kier molecular flexibility index (Phi) is 4.63. The third-order valence-corrected chi connectivity index (χ3v) is 1.38. The van der Waals surface area contributed by atoms with Crippen molar-refractivity contribution in [2.45, 2.75) is 33.1 Å². The van der Waals surface area contributed by atoms with Crippen LogP contribution in [-0.4, -0.2) is 5.91 Å². The highest BCUT2D eigenvalue weighted by atomic mass is 16.1. The molecule has 0 aromatic heterocycles. The number of hydrogen-bond acceptors (Lipinski definition) is 1.